The van der Waals surface area contributed by atoms with Crippen LogP contribution in [0.15, 0.2) is 0 Å². The van der Waals surface area contributed by atoms with E-state index in [0.717, 1.165) is 19.3 Å². The fourth-order valence-corrected chi connectivity index (χ4v) is 5.66. The highest BCUT2D eigenvalue weighted by atomic mass is 31.2. The first-order chi connectivity index (χ1) is 7.89. The van der Waals surface area contributed by atoms with Gasteiger partial charge in [0, 0.05) is 5.31 Å². The third kappa shape index (κ3) is 2.22. The van der Waals surface area contributed by atoms with Gasteiger partial charge in [-0.15, -0.1) is 0 Å². The molecule has 0 aromatic heterocycles. The maximum atomic E-state index is 12.4. The van der Waals surface area contributed by atoms with Gasteiger partial charge in [0.25, 0.3) is 0 Å². The second-order valence-corrected chi connectivity index (χ2v) is 7.43. The Morgan fingerprint density at radius 2 is 1.65 bits per heavy atom. The van der Waals surface area contributed by atoms with Gasteiger partial charge in [0.05, 0.1) is 19.4 Å². The van der Waals surface area contributed by atoms with Crippen LogP contribution in [0.25, 0.3) is 0 Å². The summed E-state index contributed by atoms with van der Waals surface area (Å²) in [6.07, 6.45) is 2.58. The maximum absolute atomic E-state index is 12.4. The molecule has 0 amide bonds. The summed E-state index contributed by atoms with van der Waals surface area (Å²) in [6, 6.07) is 0. The first kappa shape index (κ1) is 13.6. The van der Waals surface area contributed by atoms with Crippen LogP contribution in [0.5, 0.6) is 0 Å². The molecule has 0 spiro atoms. The molecular formula is C10H20BO5P. The van der Waals surface area contributed by atoms with Crippen LogP contribution in [0.3, 0.4) is 0 Å². The van der Waals surface area contributed by atoms with E-state index in [4.69, 9.17) is 9.05 Å². The van der Waals surface area contributed by atoms with Crippen LogP contribution >= 0.6 is 7.60 Å². The summed E-state index contributed by atoms with van der Waals surface area (Å²) >= 11 is 0. The lowest BCUT2D eigenvalue weighted by Crippen LogP contribution is -2.64. The lowest BCUT2D eigenvalue weighted by atomic mass is 9.25. The Bertz CT molecular complexity index is 316. The van der Waals surface area contributed by atoms with Gasteiger partial charge >= 0.3 is 14.7 Å². The minimum atomic E-state index is -2.99. The SMILES string of the molecule is CCOP(=O)(CC12CC(B(O)O)(C1)C2)OCC. The van der Waals surface area contributed by atoms with Crippen LogP contribution in [0.4, 0.5) is 0 Å². The largest absolute Gasteiger partial charge is 0.458 e. The molecule has 98 valence electrons. The van der Waals surface area contributed by atoms with Crippen LogP contribution in [-0.2, 0) is 13.6 Å². The van der Waals surface area contributed by atoms with Gasteiger partial charge in [-0.05, 0) is 38.5 Å². The van der Waals surface area contributed by atoms with Gasteiger partial charge in [-0.3, -0.25) is 4.57 Å². The second-order valence-electron chi connectivity index (χ2n) is 5.37. The number of hydrogen-bond donors (Lipinski definition) is 2. The van der Waals surface area contributed by atoms with Crippen LogP contribution in [0.1, 0.15) is 33.1 Å². The lowest BCUT2D eigenvalue weighted by Gasteiger charge is -2.70. The fraction of sp³-hybridized carbons (Fsp3) is 1.00. The molecule has 2 bridgehead atoms. The van der Waals surface area contributed by atoms with Gasteiger partial charge in [-0.25, -0.2) is 0 Å². The zero-order valence-electron chi connectivity index (χ0n) is 10.4. The third-order valence-electron chi connectivity index (χ3n) is 3.91. The first-order valence-electron chi connectivity index (χ1n) is 6.14. The van der Waals surface area contributed by atoms with Crippen LogP contribution in [0.2, 0.25) is 5.31 Å². The van der Waals surface area contributed by atoms with Crippen molar-refractivity contribution in [3.63, 3.8) is 0 Å². The Balaban J connectivity index is 1.92. The van der Waals surface area contributed by atoms with Crippen LogP contribution in [0, 0.1) is 5.41 Å². The molecule has 0 heterocycles. The van der Waals surface area contributed by atoms with E-state index in [1.165, 1.54) is 0 Å². The summed E-state index contributed by atoms with van der Waals surface area (Å²) in [6.45, 7) is 4.35. The molecule has 17 heavy (non-hydrogen) atoms. The van der Waals surface area contributed by atoms with E-state index in [9.17, 15) is 14.6 Å². The minimum absolute atomic E-state index is 0.0381. The smallest absolute Gasteiger partial charge is 0.427 e. The molecule has 0 aliphatic heterocycles. The second kappa shape index (κ2) is 4.35. The van der Waals surface area contributed by atoms with Crippen molar-refractivity contribution in [3.05, 3.63) is 0 Å². The molecule has 3 fully saturated rings. The molecule has 0 radical (unpaired) electrons. The molecule has 3 aliphatic carbocycles. The fourth-order valence-electron chi connectivity index (χ4n) is 3.46. The Morgan fingerprint density at radius 1 is 1.18 bits per heavy atom. The molecule has 3 saturated carbocycles. The van der Waals surface area contributed by atoms with Crippen molar-refractivity contribution in [2.45, 2.75) is 38.4 Å². The number of hydrogen-bond acceptors (Lipinski definition) is 5. The first-order valence-corrected chi connectivity index (χ1v) is 7.86. The Labute approximate surface area is 102 Å². The molecule has 0 aromatic carbocycles. The standard InChI is InChI=1S/C10H20BO5P/c1-3-15-17(14,16-4-2)8-9-5-10(6-9,7-9)11(12)13/h12-13H,3-8H2,1-2H3. The van der Waals surface area contributed by atoms with Crippen LogP contribution < -0.4 is 0 Å². The van der Waals surface area contributed by atoms with Crippen molar-refractivity contribution in [3.8, 4) is 0 Å². The highest BCUT2D eigenvalue weighted by molar-refractivity contribution is 7.53. The van der Waals surface area contributed by atoms with E-state index in [2.05, 4.69) is 0 Å². The Kier molecular flexibility index (Phi) is 3.47. The molecule has 0 unspecified atom stereocenters. The average Bonchev–Trinajstić information content (AvgIpc) is 2.09. The van der Waals surface area contributed by atoms with Crippen molar-refractivity contribution >= 4 is 14.7 Å². The summed E-state index contributed by atoms with van der Waals surface area (Å²) in [5, 5.41) is 18.1. The average molecular weight is 262 g/mol. The van der Waals surface area contributed by atoms with Gasteiger partial charge in [0.2, 0.25) is 0 Å². The molecule has 3 rings (SSSR count). The molecule has 3 aliphatic rings. The zero-order valence-corrected chi connectivity index (χ0v) is 11.3. The third-order valence-corrected chi connectivity index (χ3v) is 6.27. The number of rotatable bonds is 7. The highest BCUT2D eigenvalue weighted by Crippen LogP contribution is 2.81. The minimum Gasteiger partial charge on any atom is -0.427 e. The van der Waals surface area contributed by atoms with Gasteiger partial charge in [-0.2, -0.15) is 0 Å². The van der Waals surface area contributed by atoms with Crippen LogP contribution in [-0.4, -0.2) is 36.5 Å². The van der Waals surface area contributed by atoms with Gasteiger partial charge in [0.1, 0.15) is 0 Å². The van der Waals surface area contributed by atoms with Crippen molar-refractivity contribution in [1.29, 1.82) is 0 Å². The zero-order chi connectivity index (χ0) is 12.7. The topological polar surface area (TPSA) is 76.0 Å². The van der Waals surface area contributed by atoms with E-state index in [1.54, 1.807) is 13.8 Å². The monoisotopic (exact) mass is 262 g/mol. The Hall–Kier alpha value is 0.135. The van der Waals surface area contributed by atoms with Gasteiger partial charge in [-0.1, -0.05) is 0 Å². The van der Waals surface area contributed by atoms with Gasteiger partial charge < -0.3 is 19.1 Å². The molecule has 0 atom stereocenters. The van der Waals surface area contributed by atoms with E-state index < -0.39 is 14.7 Å². The summed E-state index contributed by atoms with van der Waals surface area (Å²) in [7, 11) is -4.24. The van der Waals surface area contributed by atoms with Crippen molar-refractivity contribution in [1.82, 2.24) is 0 Å². The maximum Gasteiger partial charge on any atom is 0.458 e. The normalized spacial score (nSPS) is 35.1. The summed E-state index contributed by atoms with van der Waals surface area (Å²) in [4.78, 5) is 0. The summed E-state index contributed by atoms with van der Waals surface area (Å²) in [5.41, 5.74) is -0.0381. The van der Waals surface area contributed by atoms with Crippen molar-refractivity contribution in [2.24, 2.45) is 5.41 Å². The van der Waals surface area contributed by atoms with Gasteiger partial charge in [0.15, 0.2) is 0 Å². The van der Waals surface area contributed by atoms with Crippen molar-refractivity contribution < 1.29 is 23.7 Å². The predicted molar refractivity (Wildman–Crippen MR) is 64.9 cm³/mol. The predicted octanol–water partition coefficient (Wildman–Crippen LogP) is 1.65. The highest BCUT2D eigenvalue weighted by Gasteiger charge is 2.73. The van der Waals surface area contributed by atoms with E-state index in [0.29, 0.717) is 19.4 Å². The van der Waals surface area contributed by atoms with E-state index >= 15 is 0 Å². The lowest BCUT2D eigenvalue weighted by molar-refractivity contribution is -0.0915. The quantitative estimate of drug-likeness (QED) is 0.539. The van der Waals surface area contributed by atoms with E-state index in [1.807, 2.05) is 0 Å². The Morgan fingerprint density at radius 3 is 2.00 bits per heavy atom. The van der Waals surface area contributed by atoms with Crippen molar-refractivity contribution in [2.75, 3.05) is 19.4 Å². The molecule has 2 N–H and O–H groups in total. The summed E-state index contributed by atoms with van der Waals surface area (Å²) < 4.78 is 22.9. The molecule has 0 saturated heterocycles. The molecule has 0 aromatic rings. The van der Waals surface area contributed by atoms with E-state index in [-0.39, 0.29) is 10.7 Å². The summed E-state index contributed by atoms with van der Waals surface area (Å²) in [5.74, 6) is 0. The molecule has 7 heteroatoms. The molecule has 5 nitrogen and oxygen atoms in total. The molecular weight excluding hydrogens is 242 g/mol.